The fraction of sp³-hybridized carbons (Fsp3) is 0.545. The second-order valence-electron chi connectivity index (χ2n) is 4.13. The second-order valence-corrected chi connectivity index (χ2v) is 4.99. The fourth-order valence-corrected chi connectivity index (χ4v) is 1.72. The van der Waals surface area contributed by atoms with E-state index in [0.29, 0.717) is 5.92 Å². The Kier molecular flexibility index (Phi) is 4.54. The number of nitrogens with two attached hydrogens (primary N) is 1. The average molecular weight is 272 g/mol. The van der Waals surface area contributed by atoms with Crippen LogP contribution in [0.2, 0.25) is 0 Å². The van der Waals surface area contributed by atoms with Gasteiger partial charge in [0, 0.05) is 18.8 Å². The number of hydrogen-bond acceptors (Lipinski definition) is 3. The van der Waals surface area contributed by atoms with Crippen LogP contribution in [0.5, 0.6) is 0 Å². The van der Waals surface area contributed by atoms with Gasteiger partial charge < -0.3 is 11.1 Å². The zero-order valence-corrected chi connectivity index (χ0v) is 11.0. The van der Waals surface area contributed by atoms with E-state index < -0.39 is 0 Å². The van der Waals surface area contributed by atoms with Gasteiger partial charge in [-0.05, 0) is 40.4 Å². The zero-order chi connectivity index (χ0) is 11.4. The normalized spacial score (nSPS) is 12.9. The molecule has 0 fully saturated rings. The van der Waals surface area contributed by atoms with Crippen molar-refractivity contribution in [2.45, 2.75) is 26.8 Å². The maximum atomic E-state index is 5.94. The van der Waals surface area contributed by atoms with Gasteiger partial charge in [-0.15, -0.1) is 0 Å². The highest BCUT2D eigenvalue weighted by atomic mass is 79.9. The largest absolute Gasteiger partial charge is 0.368 e. The predicted molar refractivity (Wildman–Crippen MR) is 68.0 cm³/mol. The number of halogens is 1. The lowest BCUT2D eigenvalue weighted by Gasteiger charge is -2.17. The van der Waals surface area contributed by atoms with Crippen molar-refractivity contribution < 1.29 is 0 Å². The Bertz CT molecular complexity index is 326. The summed E-state index contributed by atoms with van der Waals surface area (Å²) in [5, 5.41) is 3.24. The summed E-state index contributed by atoms with van der Waals surface area (Å²) in [7, 11) is 0. The number of nitrogens with zero attached hydrogens (tertiary/aromatic N) is 1. The molecule has 4 heteroatoms. The first kappa shape index (κ1) is 12.5. The predicted octanol–water partition coefficient (Wildman–Crippen LogP) is 2.55. The molecule has 0 aliphatic rings. The molecule has 15 heavy (non-hydrogen) atoms. The van der Waals surface area contributed by atoms with Gasteiger partial charge in [0.15, 0.2) is 0 Å². The number of aromatic nitrogens is 1. The number of nitrogens with one attached hydrogen (secondary N) is 1. The van der Waals surface area contributed by atoms with Gasteiger partial charge in [0.25, 0.3) is 0 Å². The minimum Gasteiger partial charge on any atom is -0.368 e. The molecule has 3 N–H and O–H groups in total. The van der Waals surface area contributed by atoms with E-state index in [1.54, 1.807) is 0 Å². The van der Waals surface area contributed by atoms with Crippen LogP contribution in [0, 0.1) is 12.8 Å². The smallest absolute Gasteiger partial charge is 0.140 e. The summed E-state index contributed by atoms with van der Waals surface area (Å²) in [4.78, 5) is 4.30. The molecular weight excluding hydrogens is 254 g/mol. The molecule has 0 saturated heterocycles. The van der Waals surface area contributed by atoms with Crippen LogP contribution in [0.3, 0.4) is 0 Å². The SMILES string of the molecule is Cc1cnc(NCC(N)C(C)C)c(Br)c1. The average Bonchev–Trinajstić information content (AvgIpc) is 2.15. The number of hydrogen-bond donors (Lipinski definition) is 2. The topological polar surface area (TPSA) is 50.9 Å². The summed E-state index contributed by atoms with van der Waals surface area (Å²) in [6.07, 6.45) is 1.84. The standard InChI is InChI=1S/C11H18BrN3/c1-7(2)10(13)6-15-11-9(12)4-8(3)5-14-11/h4-5,7,10H,6,13H2,1-3H3,(H,14,15). The molecular formula is C11H18BrN3. The molecule has 0 aliphatic heterocycles. The molecule has 0 radical (unpaired) electrons. The molecule has 0 bridgehead atoms. The van der Waals surface area contributed by atoms with Crippen LogP contribution >= 0.6 is 15.9 Å². The van der Waals surface area contributed by atoms with Crippen molar-refractivity contribution in [2.24, 2.45) is 11.7 Å². The third kappa shape index (κ3) is 3.80. The minimum atomic E-state index is 0.153. The van der Waals surface area contributed by atoms with Crippen molar-refractivity contribution in [2.75, 3.05) is 11.9 Å². The zero-order valence-electron chi connectivity index (χ0n) is 9.42. The molecule has 1 aromatic heterocycles. The third-order valence-corrected chi connectivity index (χ3v) is 2.94. The highest BCUT2D eigenvalue weighted by Gasteiger charge is 2.08. The number of anilines is 1. The Labute approximate surface area is 99.6 Å². The maximum absolute atomic E-state index is 5.94. The lowest BCUT2D eigenvalue weighted by atomic mass is 10.1. The van der Waals surface area contributed by atoms with Gasteiger partial charge in [0.1, 0.15) is 5.82 Å². The number of rotatable bonds is 4. The Morgan fingerprint density at radius 2 is 2.20 bits per heavy atom. The molecule has 1 atom stereocenters. The van der Waals surface area contributed by atoms with E-state index in [0.717, 1.165) is 22.4 Å². The van der Waals surface area contributed by atoms with Crippen LogP contribution in [0.4, 0.5) is 5.82 Å². The minimum absolute atomic E-state index is 0.153. The van der Waals surface area contributed by atoms with Crippen LogP contribution in [0.15, 0.2) is 16.7 Å². The first-order chi connectivity index (χ1) is 7.00. The third-order valence-electron chi connectivity index (χ3n) is 2.34. The van der Waals surface area contributed by atoms with Gasteiger partial charge in [-0.2, -0.15) is 0 Å². The van der Waals surface area contributed by atoms with E-state index in [1.165, 1.54) is 0 Å². The van der Waals surface area contributed by atoms with Crippen LogP contribution < -0.4 is 11.1 Å². The first-order valence-electron chi connectivity index (χ1n) is 5.12. The molecule has 0 aromatic carbocycles. The summed E-state index contributed by atoms with van der Waals surface area (Å²) in [5.41, 5.74) is 7.08. The molecule has 1 rings (SSSR count). The molecule has 3 nitrogen and oxygen atoms in total. The molecule has 1 heterocycles. The van der Waals surface area contributed by atoms with E-state index in [2.05, 4.69) is 40.1 Å². The van der Waals surface area contributed by atoms with E-state index in [9.17, 15) is 0 Å². The Morgan fingerprint density at radius 1 is 1.53 bits per heavy atom. The highest BCUT2D eigenvalue weighted by Crippen LogP contribution is 2.20. The molecule has 1 aromatic rings. The lowest BCUT2D eigenvalue weighted by Crippen LogP contribution is -2.34. The van der Waals surface area contributed by atoms with Gasteiger partial charge in [-0.1, -0.05) is 13.8 Å². The summed E-state index contributed by atoms with van der Waals surface area (Å²) in [5.74, 6) is 1.33. The maximum Gasteiger partial charge on any atom is 0.140 e. The van der Waals surface area contributed by atoms with Crippen molar-refractivity contribution in [3.63, 3.8) is 0 Å². The van der Waals surface area contributed by atoms with Crippen molar-refractivity contribution in [1.29, 1.82) is 0 Å². The van der Waals surface area contributed by atoms with Crippen molar-refractivity contribution in [3.8, 4) is 0 Å². The van der Waals surface area contributed by atoms with Gasteiger partial charge in [-0.25, -0.2) is 4.98 Å². The molecule has 0 aliphatic carbocycles. The lowest BCUT2D eigenvalue weighted by molar-refractivity contribution is 0.511. The number of aryl methyl sites for hydroxylation is 1. The molecule has 84 valence electrons. The van der Waals surface area contributed by atoms with E-state index in [1.807, 2.05) is 19.2 Å². The highest BCUT2D eigenvalue weighted by molar-refractivity contribution is 9.10. The molecule has 0 amide bonds. The van der Waals surface area contributed by atoms with Crippen LogP contribution in [-0.2, 0) is 0 Å². The van der Waals surface area contributed by atoms with Gasteiger partial charge >= 0.3 is 0 Å². The van der Waals surface area contributed by atoms with E-state index in [-0.39, 0.29) is 6.04 Å². The Morgan fingerprint density at radius 3 is 2.73 bits per heavy atom. The van der Waals surface area contributed by atoms with Crippen LogP contribution in [0.25, 0.3) is 0 Å². The summed E-state index contributed by atoms with van der Waals surface area (Å²) < 4.78 is 0.985. The van der Waals surface area contributed by atoms with Crippen molar-refractivity contribution in [3.05, 3.63) is 22.3 Å². The molecule has 1 unspecified atom stereocenters. The van der Waals surface area contributed by atoms with Gasteiger partial charge in [0.2, 0.25) is 0 Å². The van der Waals surface area contributed by atoms with E-state index in [4.69, 9.17) is 5.73 Å². The van der Waals surface area contributed by atoms with Crippen molar-refractivity contribution >= 4 is 21.7 Å². The Balaban J connectivity index is 2.58. The van der Waals surface area contributed by atoms with Crippen LogP contribution in [-0.4, -0.2) is 17.6 Å². The second kappa shape index (κ2) is 5.47. The van der Waals surface area contributed by atoms with E-state index >= 15 is 0 Å². The Hall–Kier alpha value is -0.610. The molecule has 0 spiro atoms. The van der Waals surface area contributed by atoms with Crippen molar-refractivity contribution in [1.82, 2.24) is 4.98 Å². The summed E-state index contributed by atoms with van der Waals surface area (Å²) >= 11 is 3.47. The van der Waals surface area contributed by atoms with Crippen LogP contribution in [0.1, 0.15) is 19.4 Å². The quantitative estimate of drug-likeness (QED) is 0.885. The summed E-state index contributed by atoms with van der Waals surface area (Å²) in [6, 6.07) is 2.19. The number of pyridine rings is 1. The fourth-order valence-electron chi connectivity index (χ4n) is 1.11. The van der Waals surface area contributed by atoms with Gasteiger partial charge in [0.05, 0.1) is 4.47 Å². The first-order valence-corrected chi connectivity index (χ1v) is 5.91. The molecule has 0 saturated carbocycles. The summed E-state index contributed by atoms with van der Waals surface area (Å²) in [6.45, 7) is 6.99. The van der Waals surface area contributed by atoms with Gasteiger partial charge in [-0.3, -0.25) is 0 Å². The monoisotopic (exact) mass is 271 g/mol.